The van der Waals surface area contributed by atoms with Crippen LogP contribution in [0.4, 0.5) is 10.1 Å². The maximum atomic E-state index is 13.8. The van der Waals surface area contributed by atoms with E-state index in [2.05, 4.69) is 0 Å². The van der Waals surface area contributed by atoms with Gasteiger partial charge in [-0.2, -0.15) is 16.1 Å². The van der Waals surface area contributed by atoms with Gasteiger partial charge in [-0.3, -0.25) is 0 Å². The van der Waals surface area contributed by atoms with E-state index in [9.17, 15) is 12.8 Å². The number of nitrogen functional groups attached to an aromatic ring is 1. The van der Waals surface area contributed by atoms with Crippen LogP contribution in [0.2, 0.25) is 0 Å². The molecule has 1 fully saturated rings. The first-order valence-corrected chi connectivity index (χ1v) is 8.66. The lowest BCUT2D eigenvalue weighted by Crippen LogP contribution is -2.37. The van der Waals surface area contributed by atoms with Gasteiger partial charge in [0.05, 0.1) is 17.7 Å². The molecule has 2 N–H and O–H groups in total. The van der Waals surface area contributed by atoms with Crippen molar-refractivity contribution in [3.05, 3.63) is 17.9 Å². The fourth-order valence-electron chi connectivity index (χ4n) is 2.12. The third-order valence-corrected chi connectivity index (χ3v) is 6.38. The van der Waals surface area contributed by atoms with Crippen LogP contribution in [0, 0.1) is 5.82 Å². The predicted octanol–water partition coefficient (Wildman–Crippen LogP) is 1.54. The van der Waals surface area contributed by atoms with Crippen molar-refractivity contribution in [1.82, 2.24) is 4.31 Å². The number of halogens is 1. The number of benzene rings is 1. The smallest absolute Gasteiger partial charge is 0.243 e. The van der Waals surface area contributed by atoms with E-state index in [1.165, 1.54) is 24.5 Å². The second-order valence-corrected chi connectivity index (χ2v) is 7.71. The first kappa shape index (κ1) is 15.4. The van der Waals surface area contributed by atoms with Crippen LogP contribution in [-0.2, 0) is 10.0 Å². The summed E-state index contributed by atoms with van der Waals surface area (Å²) in [7, 11) is -0.947. The Morgan fingerprint density at radius 2 is 2.20 bits per heavy atom. The quantitative estimate of drug-likeness (QED) is 0.852. The van der Waals surface area contributed by atoms with Gasteiger partial charge in [-0.05, 0) is 24.3 Å². The highest BCUT2D eigenvalue weighted by atomic mass is 32.2. The molecular formula is C12H17FN2O3S2. The molecule has 8 heteroatoms. The number of anilines is 1. The van der Waals surface area contributed by atoms with Gasteiger partial charge in [-0.1, -0.05) is 0 Å². The van der Waals surface area contributed by atoms with E-state index < -0.39 is 15.8 Å². The first-order valence-electron chi connectivity index (χ1n) is 6.06. The predicted molar refractivity (Wildman–Crippen MR) is 78.0 cm³/mol. The molecule has 1 aliphatic rings. The van der Waals surface area contributed by atoms with Crippen LogP contribution in [0.1, 0.15) is 6.42 Å². The lowest BCUT2D eigenvalue weighted by atomic mass is 10.3. The lowest BCUT2D eigenvalue weighted by molar-refractivity contribution is 0.385. The Bertz CT molecular complexity index is 578. The highest BCUT2D eigenvalue weighted by molar-refractivity contribution is 7.99. The van der Waals surface area contributed by atoms with Crippen LogP contribution in [0.3, 0.4) is 0 Å². The third-order valence-electron chi connectivity index (χ3n) is 3.35. The number of nitrogens with two attached hydrogens (primary N) is 1. The van der Waals surface area contributed by atoms with Crippen molar-refractivity contribution in [2.45, 2.75) is 17.4 Å². The normalized spacial score (nSPS) is 19.5. The van der Waals surface area contributed by atoms with E-state index in [4.69, 9.17) is 10.5 Å². The van der Waals surface area contributed by atoms with Gasteiger partial charge in [-0.15, -0.1) is 0 Å². The molecular weight excluding hydrogens is 303 g/mol. The molecule has 0 radical (unpaired) electrons. The molecule has 0 saturated carbocycles. The van der Waals surface area contributed by atoms with E-state index in [1.54, 1.807) is 11.8 Å². The summed E-state index contributed by atoms with van der Waals surface area (Å²) in [4.78, 5) is -0.146. The average Bonchev–Trinajstić information content (AvgIpc) is 2.91. The van der Waals surface area contributed by atoms with E-state index in [-0.39, 0.29) is 22.4 Å². The number of methoxy groups -OCH3 is 1. The maximum absolute atomic E-state index is 13.8. The Balaban J connectivity index is 2.39. The molecule has 0 bridgehead atoms. The molecule has 0 amide bonds. The summed E-state index contributed by atoms with van der Waals surface area (Å²) in [6, 6.07) is 2.12. The third kappa shape index (κ3) is 2.72. The first-order chi connectivity index (χ1) is 9.37. The molecule has 1 aromatic rings. The highest BCUT2D eigenvalue weighted by Crippen LogP contribution is 2.31. The SMILES string of the molecule is COc1c(N)cc(S(=O)(=O)N(C)C2CCSC2)cc1F. The Hall–Kier alpha value is -0.990. The van der Waals surface area contributed by atoms with Crippen LogP contribution >= 0.6 is 11.8 Å². The maximum Gasteiger partial charge on any atom is 0.243 e. The summed E-state index contributed by atoms with van der Waals surface area (Å²) in [5, 5.41) is 0. The van der Waals surface area contributed by atoms with Gasteiger partial charge in [-0.25, -0.2) is 12.8 Å². The Morgan fingerprint density at radius 3 is 2.70 bits per heavy atom. The lowest BCUT2D eigenvalue weighted by Gasteiger charge is -2.23. The molecule has 1 heterocycles. The van der Waals surface area contributed by atoms with Crippen LogP contribution in [0.25, 0.3) is 0 Å². The minimum absolute atomic E-state index is 0.0275. The molecule has 0 spiro atoms. The van der Waals surface area contributed by atoms with Crippen LogP contribution in [0.5, 0.6) is 5.75 Å². The molecule has 1 unspecified atom stereocenters. The Labute approximate surface area is 122 Å². The molecule has 5 nitrogen and oxygen atoms in total. The van der Waals surface area contributed by atoms with Crippen LogP contribution in [-0.4, -0.2) is 44.4 Å². The Kier molecular flexibility index (Phi) is 4.46. The molecule has 1 atom stereocenters. The molecule has 20 heavy (non-hydrogen) atoms. The van der Waals surface area contributed by atoms with E-state index in [0.717, 1.165) is 24.0 Å². The van der Waals surface area contributed by atoms with Crippen molar-refractivity contribution < 1.29 is 17.5 Å². The number of sulfonamides is 1. The van der Waals surface area contributed by atoms with Gasteiger partial charge in [0.15, 0.2) is 11.6 Å². The van der Waals surface area contributed by atoms with Crippen LogP contribution in [0.15, 0.2) is 17.0 Å². The fourth-order valence-corrected chi connectivity index (χ4v) is 4.92. The number of hydrogen-bond donors (Lipinski definition) is 1. The molecule has 1 saturated heterocycles. The molecule has 0 aromatic heterocycles. The number of thioether (sulfide) groups is 1. The number of nitrogens with zero attached hydrogens (tertiary/aromatic N) is 1. The standard InChI is InChI=1S/C12H17FN2O3S2/c1-15(8-3-4-19-7-8)20(16,17)9-5-10(13)12(18-2)11(14)6-9/h5-6,8H,3-4,7,14H2,1-2H3. The molecule has 2 rings (SSSR count). The van der Waals surface area contributed by atoms with Crippen molar-refractivity contribution in [2.24, 2.45) is 0 Å². The van der Waals surface area contributed by atoms with Gasteiger partial charge >= 0.3 is 0 Å². The van der Waals surface area contributed by atoms with Crippen molar-refractivity contribution in [2.75, 3.05) is 31.4 Å². The van der Waals surface area contributed by atoms with E-state index in [1.807, 2.05) is 0 Å². The summed E-state index contributed by atoms with van der Waals surface area (Å²) in [6.07, 6.45) is 0.800. The van der Waals surface area contributed by atoms with Crippen LogP contribution < -0.4 is 10.5 Å². The molecule has 1 aliphatic heterocycles. The Morgan fingerprint density at radius 1 is 1.50 bits per heavy atom. The number of ether oxygens (including phenoxy) is 1. The highest BCUT2D eigenvalue weighted by Gasteiger charge is 2.31. The number of hydrogen-bond acceptors (Lipinski definition) is 5. The monoisotopic (exact) mass is 320 g/mol. The molecule has 0 aliphatic carbocycles. The van der Waals surface area contributed by atoms with Crippen molar-refractivity contribution in [1.29, 1.82) is 0 Å². The van der Waals surface area contributed by atoms with Crippen molar-refractivity contribution in [3.8, 4) is 5.75 Å². The van der Waals surface area contributed by atoms with Gasteiger partial charge in [0.25, 0.3) is 0 Å². The van der Waals surface area contributed by atoms with Crippen molar-refractivity contribution in [3.63, 3.8) is 0 Å². The summed E-state index contributed by atoms with van der Waals surface area (Å²) in [6.45, 7) is 0. The van der Waals surface area contributed by atoms with Gasteiger partial charge in [0.2, 0.25) is 10.0 Å². The van der Waals surface area contributed by atoms with Gasteiger partial charge in [0, 0.05) is 18.8 Å². The van der Waals surface area contributed by atoms with Gasteiger partial charge in [0.1, 0.15) is 0 Å². The summed E-state index contributed by atoms with van der Waals surface area (Å²) >= 11 is 1.71. The molecule has 1 aromatic carbocycles. The zero-order chi connectivity index (χ0) is 14.9. The summed E-state index contributed by atoms with van der Waals surface area (Å²) < 4.78 is 44.8. The second-order valence-electron chi connectivity index (χ2n) is 4.57. The second kappa shape index (κ2) is 5.79. The zero-order valence-corrected chi connectivity index (χ0v) is 12.9. The summed E-state index contributed by atoms with van der Waals surface area (Å²) in [5.41, 5.74) is 5.60. The molecule has 112 valence electrons. The van der Waals surface area contributed by atoms with E-state index in [0.29, 0.717) is 0 Å². The average molecular weight is 320 g/mol. The zero-order valence-electron chi connectivity index (χ0n) is 11.3. The van der Waals surface area contributed by atoms with Crippen molar-refractivity contribution >= 4 is 27.5 Å². The number of rotatable bonds is 4. The minimum Gasteiger partial charge on any atom is -0.492 e. The fraction of sp³-hybridized carbons (Fsp3) is 0.500. The topological polar surface area (TPSA) is 72.6 Å². The van der Waals surface area contributed by atoms with Gasteiger partial charge < -0.3 is 10.5 Å². The summed E-state index contributed by atoms with van der Waals surface area (Å²) in [5.74, 6) is 0.774. The largest absolute Gasteiger partial charge is 0.492 e. The van der Waals surface area contributed by atoms with E-state index >= 15 is 0 Å². The minimum atomic E-state index is -3.75.